The average molecular weight is 532 g/mol. The number of rotatable bonds is 7. The minimum absolute atomic E-state index is 0.0436. The average Bonchev–Trinajstić information content (AvgIpc) is 3.55. The lowest BCUT2D eigenvalue weighted by molar-refractivity contribution is -0.119. The number of aryl methyl sites for hydroxylation is 2. The molecule has 9 heteroatoms. The Morgan fingerprint density at radius 1 is 1.00 bits per heavy atom. The molecule has 0 aliphatic heterocycles. The fourth-order valence-electron chi connectivity index (χ4n) is 5.21. The van der Waals surface area contributed by atoms with Gasteiger partial charge in [-0.2, -0.15) is 5.10 Å². The van der Waals surface area contributed by atoms with Gasteiger partial charge in [-0.3, -0.25) is 14.7 Å². The number of carbonyl (C=O) groups is 2. The molecule has 0 unspecified atom stereocenters. The highest BCUT2D eigenvalue weighted by atomic mass is 35.5. The molecule has 0 saturated heterocycles. The molecule has 0 spiro atoms. The Bertz CT molecular complexity index is 1400. The Morgan fingerprint density at radius 2 is 1.68 bits per heavy atom. The fraction of sp³-hybridized carbons (Fsp3) is 0.310. The maximum Gasteiger partial charge on any atom is 0.257 e. The van der Waals surface area contributed by atoms with Crippen molar-refractivity contribution < 1.29 is 14.1 Å². The molecule has 8 nitrogen and oxygen atoms in total. The predicted molar refractivity (Wildman–Crippen MR) is 147 cm³/mol. The van der Waals surface area contributed by atoms with Gasteiger partial charge in [0.2, 0.25) is 5.91 Å². The minimum atomic E-state index is -0.686. The zero-order valence-electron chi connectivity index (χ0n) is 21.4. The number of halogens is 1. The van der Waals surface area contributed by atoms with Crippen molar-refractivity contribution in [2.24, 2.45) is 5.92 Å². The molecule has 2 aromatic heterocycles. The van der Waals surface area contributed by atoms with Crippen molar-refractivity contribution in [1.29, 1.82) is 0 Å². The van der Waals surface area contributed by atoms with Crippen LogP contribution in [0.5, 0.6) is 0 Å². The molecule has 4 aromatic rings. The van der Waals surface area contributed by atoms with Gasteiger partial charge < -0.3 is 15.2 Å². The number of nitrogens with one attached hydrogen (secondary N) is 3. The third kappa shape index (κ3) is 5.50. The van der Waals surface area contributed by atoms with Crippen LogP contribution >= 0.6 is 11.6 Å². The van der Waals surface area contributed by atoms with Crippen molar-refractivity contribution in [3.8, 4) is 22.4 Å². The summed E-state index contributed by atoms with van der Waals surface area (Å²) in [5, 5.41) is 17.9. The monoisotopic (exact) mass is 531 g/mol. The Hall–Kier alpha value is -3.91. The van der Waals surface area contributed by atoms with Crippen LogP contribution < -0.4 is 10.6 Å². The van der Waals surface area contributed by atoms with E-state index in [4.69, 9.17) is 16.1 Å². The van der Waals surface area contributed by atoms with Crippen LogP contribution in [0.2, 0.25) is 5.02 Å². The SMILES string of the molecule is Cc1n[nH]c(C)c1-c1ccc(NC(=O)[C@@H](NC(=O)c2conc2-c2ccc(Cl)cc2)C2CCCCC2)cc1. The largest absolute Gasteiger partial charge is 0.363 e. The number of H-pyrrole nitrogens is 1. The van der Waals surface area contributed by atoms with Gasteiger partial charge in [-0.1, -0.05) is 60.3 Å². The normalized spacial score (nSPS) is 14.7. The molecule has 2 aromatic carbocycles. The van der Waals surface area contributed by atoms with Crippen LogP contribution in [-0.4, -0.2) is 33.2 Å². The first-order chi connectivity index (χ1) is 18.4. The summed E-state index contributed by atoms with van der Waals surface area (Å²) in [6.07, 6.45) is 6.28. The van der Waals surface area contributed by atoms with Crippen molar-refractivity contribution in [2.45, 2.75) is 52.0 Å². The van der Waals surface area contributed by atoms with Crippen LogP contribution in [0.1, 0.15) is 53.8 Å². The van der Waals surface area contributed by atoms with E-state index in [9.17, 15) is 9.59 Å². The van der Waals surface area contributed by atoms with Gasteiger partial charge in [-0.05, 0) is 62.4 Å². The Labute approximate surface area is 226 Å². The molecule has 0 radical (unpaired) electrons. The highest BCUT2D eigenvalue weighted by molar-refractivity contribution is 6.30. The molecule has 0 bridgehead atoms. The number of aromatic amines is 1. The van der Waals surface area contributed by atoms with E-state index in [1.54, 1.807) is 24.3 Å². The van der Waals surface area contributed by atoms with Gasteiger partial charge in [0.15, 0.2) is 0 Å². The van der Waals surface area contributed by atoms with E-state index in [-0.39, 0.29) is 17.4 Å². The number of hydrogen-bond donors (Lipinski definition) is 3. The molecule has 38 heavy (non-hydrogen) atoms. The first kappa shape index (κ1) is 25.7. The third-order valence-corrected chi connectivity index (χ3v) is 7.44. The Morgan fingerprint density at radius 3 is 2.34 bits per heavy atom. The lowest BCUT2D eigenvalue weighted by atomic mass is 9.83. The molecule has 1 aliphatic carbocycles. The second kappa shape index (κ2) is 11.2. The van der Waals surface area contributed by atoms with E-state index in [0.717, 1.165) is 54.6 Å². The molecular weight excluding hydrogens is 502 g/mol. The smallest absolute Gasteiger partial charge is 0.257 e. The van der Waals surface area contributed by atoms with E-state index in [1.165, 1.54) is 6.26 Å². The van der Waals surface area contributed by atoms with E-state index in [1.807, 2.05) is 38.1 Å². The van der Waals surface area contributed by atoms with Crippen LogP contribution in [0.15, 0.2) is 59.3 Å². The number of nitrogens with zero attached hydrogens (tertiary/aromatic N) is 2. The first-order valence-corrected chi connectivity index (χ1v) is 13.2. The highest BCUT2D eigenvalue weighted by Gasteiger charge is 2.32. The number of benzene rings is 2. The molecule has 1 saturated carbocycles. The van der Waals surface area contributed by atoms with Gasteiger partial charge in [0.1, 0.15) is 23.6 Å². The van der Waals surface area contributed by atoms with Crippen LogP contribution in [0, 0.1) is 19.8 Å². The van der Waals surface area contributed by atoms with Crippen LogP contribution in [0.4, 0.5) is 5.69 Å². The van der Waals surface area contributed by atoms with Crippen molar-refractivity contribution in [1.82, 2.24) is 20.7 Å². The van der Waals surface area contributed by atoms with Gasteiger partial charge in [-0.25, -0.2) is 0 Å². The zero-order valence-corrected chi connectivity index (χ0v) is 22.1. The Balaban J connectivity index is 1.34. The fourth-order valence-corrected chi connectivity index (χ4v) is 5.34. The zero-order chi connectivity index (χ0) is 26.6. The lowest BCUT2D eigenvalue weighted by Gasteiger charge is -2.30. The Kier molecular flexibility index (Phi) is 7.60. The van der Waals surface area contributed by atoms with Crippen LogP contribution in [0.3, 0.4) is 0 Å². The topological polar surface area (TPSA) is 113 Å². The van der Waals surface area contributed by atoms with Gasteiger partial charge in [0.25, 0.3) is 5.91 Å². The molecule has 196 valence electrons. The molecule has 2 heterocycles. The molecule has 2 amide bonds. The van der Waals surface area contributed by atoms with Crippen molar-refractivity contribution in [2.75, 3.05) is 5.32 Å². The predicted octanol–water partition coefficient (Wildman–Crippen LogP) is 6.32. The minimum Gasteiger partial charge on any atom is -0.363 e. The van der Waals surface area contributed by atoms with E-state index < -0.39 is 11.9 Å². The number of aromatic nitrogens is 3. The number of carbonyl (C=O) groups excluding carboxylic acids is 2. The second-order valence-electron chi connectivity index (χ2n) is 9.81. The van der Waals surface area contributed by atoms with Crippen molar-refractivity contribution in [3.05, 3.63) is 76.8 Å². The molecular formula is C29H30ClN5O3. The molecule has 3 N–H and O–H groups in total. The van der Waals surface area contributed by atoms with E-state index in [2.05, 4.69) is 26.0 Å². The van der Waals surface area contributed by atoms with E-state index in [0.29, 0.717) is 22.0 Å². The summed E-state index contributed by atoms with van der Waals surface area (Å²) < 4.78 is 5.14. The molecule has 5 rings (SSSR count). The highest BCUT2D eigenvalue weighted by Crippen LogP contribution is 2.30. The standard InChI is InChI=1S/C29H30ClN5O3/c1-17-25(18(2)34-33-17)19-10-14-23(15-11-19)31-29(37)27(20-6-4-3-5-7-20)32-28(36)24-16-38-35-26(24)21-8-12-22(30)13-9-21/h8-16,20,27H,3-7H2,1-2H3,(H,31,37)(H,32,36)(H,33,34)/t27-/m0/s1. The second-order valence-corrected chi connectivity index (χ2v) is 10.2. The van der Waals surface area contributed by atoms with Gasteiger partial charge >= 0.3 is 0 Å². The van der Waals surface area contributed by atoms with Crippen LogP contribution in [-0.2, 0) is 4.79 Å². The maximum atomic E-state index is 13.5. The number of amides is 2. The summed E-state index contributed by atoms with van der Waals surface area (Å²) >= 11 is 6.01. The summed E-state index contributed by atoms with van der Waals surface area (Å²) in [6.45, 7) is 3.94. The van der Waals surface area contributed by atoms with Gasteiger partial charge in [0, 0.05) is 27.5 Å². The molecule has 1 atom stereocenters. The maximum absolute atomic E-state index is 13.5. The molecule has 1 fully saturated rings. The van der Waals surface area contributed by atoms with E-state index >= 15 is 0 Å². The van der Waals surface area contributed by atoms with Crippen LogP contribution in [0.25, 0.3) is 22.4 Å². The number of hydrogen-bond acceptors (Lipinski definition) is 5. The number of anilines is 1. The van der Waals surface area contributed by atoms with Gasteiger partial charge in [-0.15, -0.1) is 0 Å². The summed E-state index contributed by atoms with van der Waals surface area (Å²) in [5.74, 6) is -0.594. The third-order valence-electron chi connectivity index (χ3n) is 7.19. The summed E-state index contributed by atoms with van der Waals surface area (Å²) in [6, 6.07) is 14.0. The summed E-state index contributed by atoms with van der Waals surface area (Å²) in [4.78, 5) is 26.9. The first-order valence-electron chi connectivity index (χ1n) is 12.8. The summed E-state index contributed by atoms with van der Waals surface area (Å²) in [5.41, 5.74) is 6.04. The van der Waals surface area contributed by atoms with Crippen molar-refractivity contribution >= 4 is 29.1 Å². The quantitative estimate of drug-likeness (QED) is 0.258. The molecule has 1 aliphatic rings. The van der Waals surface area contributed by atoms with Gasteiger partial charge in [0.05, 0.1) is 5.69 Å². The summed E-state index contributed by atoms with van der Waals surface area (Å²) in [7, 11) is 0. The van der Waals surface area contributed by atoms with Crippen molar-refractivity contribution in [3.63, 3.8) is 0 Å². The lowest BCUT2D eigenvalue weighted by Crippen LogP contribution is -2.49.